The Hall–Kier alpha value is -1.53. The van der Waals surface area contributed by atoms with E-state index in [-0.39, 0.29) is 17.8 Å². The third-order valence-corrected chi connectivity index (χ3v) is 9.77. The van der Waals surface area contributed by atoms with Crippen LogP contribution in [0.25, 0.3) is 0 Å². The van der Waals surface area contributed by atoms with Crippen LogP contribution in [0.4, 0.5) is 9.39 Å². The minimum absolute atomic E-state index is 0.0483. The molecule has 1 N–H and O–H groups in total. The third-order valence-electron chi connectivity index (χ3n) is 6.97. The highest BCUT2D eigenvalue weighted by Gasteiger charge is 2.27. The summed E-state index contributed by atoms with van der Waals surface area (Å²) in [4.78, 5) is 19.6. The number of rotatable bonds is 7. The van der Waals surface area contributed by atoms with Gasteiger partial charge in [-0.05, 0) is 125 Å². The number of halogens is 3. The first kappa shape index (κ1) is 27.1. The molecule has 2 aliphatic carbocycles. The summed E-state index contributed by atoms with van der Waals surface area (Å²) in [6.45, 7) is 0.375. The fourth-order valence-electron chi connectivity index (χ4n) is 5.04. The molecule has 0 unspecified atom stereocenters. The molecule has 5 rings (SSSR count). The number of nitrogens with one attached hydrogen (secondary N) is 1. The molecule has 1 saturated carbocycles. The van der Waals surface area contributed by atoms with Crippen LogP contribution in [0.3, 0.4) is 0 Å². The second-order valence-corrected chi connectivity index (χ2v) is 13.1. The second kappa shape index (κ2) is 12.5. The molecule has 2 aliphatic rings. The van der Waals surface area contributed by atoms with Crippen LogP contribution >= 0.6 is 56.5 Å². The van der Waals surface area contributed by atoms with Crippen molar-refractivity contribution in [2.45, 2.75) is 70.4 Å². The number of hydrogen-bond acceptors (Lipinski definition) is 4. The molecule has 0 saturated heterocycles. The summed E-state index contributed by atoms with van der Waals surface area (Å²) in [7, 11) is 0. The molecular weight excluding hydrogens is 713 g/mol. The summed E-state index contributed by atoms with van der Waals surface area (Å²) >= 11 is 6.23. The summed E-state index contributed by atoms with van der Waals surface area (Å²) in [5.41, 5.74) is 3.89. The van der Waals surface area contributed by atoms with Crippen LogP contribution < -0.4 is 10.1 Å². The van der Waals surface area contributed by atoms with E-state index in [1.165, 1.54) is 48.3 Å². The van der Waals surface area contributed by atoms with E-state index in [9.17, 15) is 9.18 Å². The van der Waals surface area contributed by atoms with Crippen LogP contribution in [0.2, 0.25) is 0 Å². The van der Waals surface area contributed by atoms with Crippen molar-refractivity contribution in [2.75, 3.05) is 0 Å². The number of benzene rings is 2. The lowest BCUT2D eigenvalue weighted by Gasteiger charge is -2.23. The Balaban J connectivity index is 1.35. The SMILES string of the molecule is O=C(NC1CCCCC1)c1c(N=Cc2cc(I)c(OCc3ccc(F)cc3)c(I)c2)sc2c1CCCC2. The van der Waals surface area contributed by atoms with E-state index in [0.717, 1.165) is 66.7 Å². The zero-order chi connectivity index (χ0) is 25.8. The average Bonchev–Trinajstić information content (AvgIpc) is 3.27. The molecule has 2 aromatic carbocycles. The summed E-state index contributed by atoms with van der Waals surface area (Å²) in [6, 6.07) is 10.7. The highest BCUT2D eigenvalue weighted by Crippen LogP contribution is 2.40. The van der Waals surface area contributed by atoms with Crippen molar-refractivity contribution in [3.63, 3.8) is 0 Å². The molecule has 0 bridgehead atoms. The van der Waals surface area contributed by atoms with E-state index in [1.807, 2.05) is 18.3 Å². The van der Waals surface area contributed by atoms with Gasteiger partial charge < -0.3 is 10.1 Å². The van der Waals surface area contributed by atoms with E-state index < -0.39 is 0 Å². The number of hydrogen-bond donors (Lipinski definition) is 1. The Kier molecular flexibility index (Phi) is 9.18. The lowest BCUT2D eigenvalue weighted by molar-refractivity contribution is 0.0927. The lowest BCUT2D eigenvalue weighted by atomic mass is 9.93. The first-order valence-electron chi connectivity index (χ1n) is 12.8. The van der Waals surface area contributed by atoms with Gasteiger partial charge in [0.05, 0.1) is 12.7 Å². The Labute approximate surface area is 248 Å². The van der Waals surface area contributed by atoms with Crippen molar-refractivity contribution in [2.24, 2.45) is 4.99 Å². The van der Waals surface area contributed by atoms with Gasteiger partial charge in [-0.3, -0.25) is 4.79 Å². The van der Waals surface area contributed by atoms with Gasteiger partial charge in [-0.25, -0.2) is 9.38 Å². The maximum absolute atomic E-state index is 13.4. The van der Waals surface area contributed by atoms with Crippen molar-refractivity contribution in [1.82, 2.24) is 5.32 Å². The number of thiophene rings is 1. The van der Waals surface area contributed by atoms with E-state index in [0.29, 0.717) is 6.61 Å². The fraction of sp³-hybridized carbons (Fsp3) is 0.379. The van der Waals surface area contributed by atoms with Crippen LogP contribution in [0, 0.1) is 13.0 Å². The van der Waals surface area contributed by atoms with Crippen molar-refractivity contribution < 1.29 is 13.9 Å². The van der Waals surface area contributed by atoms with Crippen molar-refractivity contribution in [1.29, 1.82) is 0 Å². The topological polar surface area (TPSA) is 50.7 Å². The molecule has 4 nitrogen and oxygen atoms in total. The molecule has 1 heterocycles. The van der Waals surface area contributed by atoms with Gasteiger partial charge in [0.15, 0.2) is 0 Å². The van der Waals surface area contributed by atoms with Crippen LogP contribution in [0.5, 0.6) is 5.75 Å². The van der Waals surface area contributed by atoms with Crippen LogP contribution in [-0.2, 0) is 19.4 Å². The molecule has 37 heavy (non-hydrogen) atoms. The van der Waals surface area contributed by atoms with Crippen molar-refractivity contribution in [3.8, 4) is 5.75 Å². The predicted molar refractivity (Wildman–Crippen MR) is 165 cm³/mol. The smallest absolute Gasteiger partial charge is 0.254 e. The fourth-order valence-corrected chi connectivity index (χ4v) is 8.40. The Bertz CT molecular complexity index is 1280. The van der Waals surface area contributed by atoms with E-state index in [2.05, 4.69) is 50.5 Å². The second-order valence-electron chi connectivity index (χ2n) is 9.69. The Morgan fingerprint density at radius 1 is 1.05 bits per heavy atom. The summed E-state index contributed by atoms with van der Waals surface area (Å²) in [5.74, 6) is 0.603. The lowest BCUT2D eigenvalue weighted by Crippen LogP contribution is -2.36. The maximum atomic E-state index is 13.4. The van der Waals surface area contributed by atoms with Gasteiger partial charge in [0, 0.05) is 17.1 Å². The van der Waals surface area contributed by atoms with Crippen molar-refractivity contribution >= 4 is 73.6 Å². The number of nitrogens with zero attached hydrogens (tertiary/aromatic N) is 1. The summed E-state index contributed by atoms with van der Waals surface area (Å²) < 4.78 is 21.2. The molecule has 3 aromatic rings. The quantitative estimate of drug-likeness (QED) is 0.196. The first-order valence-corrected chi connectivity index (χ1v) is 15.8. The van der Waals surface area contributed by atoms with Gasteiger partial charge in [0.1, 0.15) is 23.2 Å². The Morgan fingerprint density at radius 3 is 2.49 bits per heavy atom. The number of ether oxygens (including phenoxy) is 1. The molecule has 0 aliphatic heterocycles. The van der Waals surface area contributed by atoms with E-state index in [4.69, 9.17) is 9.73 Å². The third kappa shape index (κ3) is 6.73. The number of carbonyl (C=O) groups excluding carboxylic acids is 1. The van der Waals surface area contributed by atoms with Gasteiger partial charge in [0.25, 0.3) is 5.91 Å². The minimum atomic E-state index is -0.252. The number of amides is 1. The van der Waals surface area contributed by atoms with Gasteiger partial charge in [0.2, 0.25) is 0 Å². The van der Waals surface area contributed by atoms with E-state index in [1.54, 1.807) is 23.5 Å². The minimum Gasteiger partial charge on any atom is -0.487 e. The Morgan fingerprint density at radius 2 is 1.76 bits per heavy atom. The number of fused-ring (bicyclic) bond motifs is 1. The average molecular weight is 742 g/mol. The van der Waals surface area contributed by atoms with Gasteiger partial charge in [-0.2, -0.15) is 0 Å². The zero-order valence-electron chi connectivity index (χ0n) is 20.5. The predicted octanol–water partition coefficient (Wildman–Crippen LogP) is 8.37. The van der Waals surface area contributed by atoms with E-state index >= 15 is 0 Å². The highest BCUT2D eigenvalue weighted by atomic mass is 127. The molecule has 1 fully saturated rings. The molecule has 194 valence electrons. The molecular formula is C29H29FI2N2O2S. The molecule has 0 radical (unpaired) electrons. The highest BCUT2D eigenvalue weighted by molar-refractivity contribution is 14.1. The zero-order valence-corrected chi connectivity index (χ0v) is 25.6. The monoisotopic (exact) mass is 742 g/mol. The summed E-state index contributed by atoms with van der Waals surface area (Å²) in [6.07, 6.45) is 12.0. The number of carbonyl (C=O) groups is 1. The normalized spacial score (nSPS) is 16.1. The first-order chi connectivity index (χ1) is 18.0. The number of aliphatic imine (C=N–C) groups is 1. The molecule has 1 aromatic heterocycles. The number of aryl methyl sites for hydroxylation is 1. The maximum Gasteiger partial charge on any atom is 0.254 e. The molecule has 1 amide bonds. The van der Waals surface area contributed by atoms with Gasteiger partial charge in [-0.1, -0.05) is 31.4 Å². The van der Waals surface area contributed by atoms with Crippen LogP contribution in [0.1, 0.15) is 76.9 Å². The molecule has 0 spiro atoms. The van der Waals surface area contributed by atoms with Gasteiger partial charge in [-0.15, -0.1) is 11.3 Å². The van der Waals surface area contributed by atoms with Crippen LogP contribution in [0.15, 0.2) is 41.4 Å². The molecule has 8 heteroatoms. The van der Waals surface area contributed by atoms with Crippen molar-refractivity contribution in [3.05, 3.63) is 76.5 Å². The largest absolute Gasteiger partial charge is 0.487 e. The summed E-state index contributed by atoms with van der Waals surface area (Å²) in [5, 5.41) is 4.14. The standard InChI is InChI=1S/C29H29FI2N2O2S/c30-20-12-10-18(11-13-20)17-36-27-23(31)14-19(15-24(27)32)16-33-29-26(22-8-4-5-9-25(22)37-29)28(35)34-21-6-2-1-3-7-21/h10-16,21H,1-9,17H2,(H,34,35). The van der Waals surface area contributed by atoms with Gasteiger partial charge >= 0.3 is 0 Å². The molecule has 0 atom stereocenters. The van der Waals surface area contributed by atoms with Crippen LogP contribution in [-0.4, -0.2) is 18.2 Å².